The molecule has 0 aliphatic rings. The summed E-state index contributed by atoms with van der Waals surface area (Å²) in [5, 5.41) is 8.06. The number of ether oxygens (including phenoxy) is 1. The van der Waals surface area contributed by atoms with Crippen molar-refractivity contribution in [2.75, 3.05) is 12.4 Å². The second-order valence-corrected chi connectivity index (χ2v) is 5.38. The van der Waals surface area contributed by atoms with Gasteiger partial charge < -0.3 is 10.1 Å². The molecule has 2 aromatic carbocycles. The number of para-hydroxylation sites is 1. The maximum Gasteiger partial charge on any atom is 0.136 e. The van der Waals surface area contributed by atoms with Crippen molar-refractivity contribution < 1.29 is 4.74 Å². The average Bonchev–Trinajstić information content (AvgIpc) is 2.88. The fourth-order valence-corrected chi connectivity index (χ4v) is 2.58. The molecule has 4 nitrogen and oxygen atoms in total. The summed E-state index contributed by atoms with van der Waals surface area (Å²) in [5.41, 5.74) is 1.93. The minimum atomic E-state index is 0.683. The van der Waals surface area contributed by atoms with Crippen LogP contribution in [0.2, 0.25) is 0 Å². The van der Waals surface area contributed by atoms with E-state index in [1.165, 1.54) is 0 Å². The molecule has 0 saturated carbocycles. The largest absolute Gasteiger partial charge is 0.497 e. The van der Waals surface area contributed by atoms with Gasteiger partial charge in [0.2, 0.25) is 0 Å². The van der Waals surface area contributed by atoms with Gasteiger partial charge in [0.25, 0.3) is 0 Å². The van der Waals surface area contributed by atoms with E-state index in [2.05, 4.69) is 17.0 Å². The Morgan fingerprint density at radius 2 is 1.83 bits per heavy atom. The number of hydrogen-bond donors (Lipinski definition) is 2. The summed E-state index contributed by atoms with van der Waals surface area (Å²) in [6, 6.07) is 17.6. The van der Waals surface area contributed by atoms with Crippen LogP contribution in [0, 0.1) is 4.64 Å². The summed E-state index contributed by atoms with van der Waals surface area (Å²) in [7, 11) is 1.65. The molecule has 0 bridgehead atoms. The number of aromatic amines is 1. The van der Waals surface area contributed by atoms with Crippen molar-refractivity contribution in [3.8, 4) is 11.4 Å². The summed E-state index contributed by atoms with van der Waals surface area (Å²) < 4.78 is 7.68. The molecule has 5 heteroatoms. The van der Waals surface area contributed by atoms with Crippen molar-refractivity contribution in [1.82, 2.24) is 9.78 Å². The minimum Gasteiger partial charge on any atom is -0.497 e. The topological polar surface area (TPSA) is 42.0 Å². The van der Waals surface area contributed by atoms with Crippen LogP contribution >= 0.6 is 12.2 Å². The van der Waals surface area contributed by atoms with Crippen LogP contribution < -0.4 is 20.6 Å². The fourth-order valence-electron chi connectivity index (χ4n) is 2.25. The number of hydrogen-bond acceptors (Lipinski definition) is 3. The smallest absolute Gasteiger partial charge is 0.136 e. The lowest BCUT2D eigenvalue weighted by molar-refractivity contribution is 0.415. The first-order chi connectivity index (χ1) is 11.2. The molecule has 1 heterocycles. The number of H-pyrrole nitrogens is 1. The average molecular weight is 323 g/mol. The third-order valence-electron chi connectivity index (χ3n) is 3.49. The highest BCUT2D eigenvalue weighted by Gasteiger charge is 2.00. The number of nitrogens with zero attached hydrogens (tertiary/aromatic N) is 1. The van der Waals surface area contributed by atoms with Crippen molar-refractivity contribution in [2.45, 2.75) is 0 Å². The molecule has 0 atom stereocenters. The number of anilines is 1. The predicted molar refractivity (Wildman–Crippen MR) is 96.8 cm³/mol. The van der Waals surface area contributed by atoms with Crippen molar-refractivity contribution in [1.29, 1.82) is 0 Å². The summed E-state index contributed by atoms with van der Waals surface area (Å²) in [4.78, 5) is 0. The summed E-state index contributed by atoms with van der Waals surface area (Å²) >= 11 is 5.55. The Labute approximate surface area is 139 Å². The molecule has 0 unspecified atom stereocenters. The maximum atomic E-state index is 5.55. The summed E-state index contributed by atoms with van der Waals surface area (Å²) in [6.07, 6.45) is 1.86. The highest BCUT2D eigenvalue weighted by Crippen LogP contribution is 2.14. The van der Waals surface area contributed by atoms with Crippen molar-refractivity contribution in [3.05, 3.63) is 69.8 Å². The van der Waals surface area contributed by atoms with Gasteiger partial charge >= 0.3 is 0 Å². The highest BCUT2D eigenvalue weighted by atomic mass is 32.1. The molecule has 2 N–H and O–H groups in total. The van der Waals surface area contributed by atoms with Gasteiger partial charge in [0.05, 0.1) is 23.4 Å². The first kappa shape index (κ1) is 15.1. The van der Waals surface area contributed by atoms with Crippen LogP contribution in [0.4, 0.5) is 5.69 Å². The molecule has 116 valence electrons. The number of benzene rings is 2. The predicted octanol–water partition coefficient (Wildman–Crippen LogP) is 2.80. The molecule has 23 heavy (non-hydrogen) atoms. The lowest BCUT2D eigenvalue weighted by atomic mass is 10.3. The Morgan fingerprint density at radius 3 is 2.48 bits per heavy atom. The van der Waals surface area contributed by atoms with Gasteiger partial charge in [0.15, 0.2) is 0 Å². The molecule has 0 aliphatic heterocycles. The van der Waals surface area contributed by atoms with Crippen LogP contribution in [-0.2, 0) is 0 Å². The van der Waals surface area contributed by atoms with Crippen LogP contribution in [-0.4, -0.2) is 16.9 Å². The van der Waals surface area contributed by atoms with E-state index in [0.29, 0.717) is 4.64 Å². The van der Waals surface area contributed by atoms with Crippen LogP contribution in [0.25, 0.3) is 18.5 Å². The second kappa shape index (κ2) is 6.54. The Hall–Kier alpha value is -2.79. The molecule has 1 aromatic heterocycles. The third-order valence-corrected chi connectivity index (χ3v) is 3.90. The van der Waals surface area contributed by atoms with E-state index in [-0.39, 0.29) is 0 Å². The lowest BCUT2D eigenvalue weighted by Crippen LogP contribution is -2.22. The van der Waals surface area contributed by atoms with Crippen molar-refractivity contribution in [3.63, 3.8) is 0 Å². The number of methoxy groups -OCH3 is 1. The van der Waals surface area contributed by atoms with Gasteiger partial charge in [-0.05, 0) is 36.4 Å². The zero-order valence-electron chi connectivity index (χ0n) is 12.7. The Morgan fingerprint density at radius 1 is 1.13 bits per heavy atom. The van der Waals surface area contributed by atoms with E-state index < -0.39 is 0 Å². The number of aromatic nitrogens is 2. The molecule has 0 amide bonds. The van der Waals surface area contributed by atoms with Gasteiger partial charge in [-0.25, -0.2) is 4.68 Å². The lowest BCUT2D eigenvalue weighted by Gasteiger charge is -2.02. The molecule has 3 rings (SSSR count). The zero-order valence-corrected chi connectivity index (χ0v) is 13.6. The summed E-state index contributed by atoms with van der Waals surface area (Å²) in [6.45, 7) is 4.03. The summed E-state index contributed by atoms with van der Waals surface area (Å²) in [5.74, 6) is 0.820. The first-order valence-corrected chi connectivity index (χ1v) is 7.56. The van der Waals surface area contributed by atoms with Gasteiger partial charge in [-0.15, -0.1) is 0 Å². The van der Waals surface area contributed by atoms with E-state index in [0.717, 1.165) is 27.7 Å². The molecule has 0 fully saturated rings. The van der Waals surface area contributed by atoms with E-state index >= 15 is 0 Å². The molecule has 3 aromatic rings. The third kappa shape index (κ3) is 3.19. The van der Waals surface area contributed by atoms with Gasteiger partial charge in [0.1, 0.15) is 10.4 Å². The second-order valence-electron chi connectivity index (χ2n) is 5.00. The maximum absolute atomic E-state index is 5.55. The molecule has 0 radical (unpaired) electrons. The van der Waals surface area contributed by atoms with E-state index in [1.807, 2.05) is 65.5 Å². The van der Waals surface area contributed by atoms with E-state index in [9.17, 15) is 0 Å². The molecular weight excluding hydrogens is 306 g/mol. The SMILES string of the molecule is C=c1[nH]n(-c2ccccc2)c(=S)/c1=C\Nc1ccc(OC)cc1. The van der Waals surface area contributed by atoms with E-state index in [1.54, 1.807) is 7.11 Å². The molecular formula is C18H17N3OS. The Balaban J connectivity index is 1.95. The van der Waals surface area contributed by atoms with Gasteiger partial charge in [-0.2, -0.15) is 0 Å². The monoisotopic (exact) mass is 323 g/mol. The van der Waals surface area contributed by atoms with Crippen LogP contribution in [0.15, 0.2) is 54.6 Å². The van der Waals surface area contributed by atoms with Crippen molar-refractivity contribution in [2.24, 2.45) is 0 Å². The van der Waals surface area contributed by atoms with Crippen LogP contribution in [0.1, 0.15) is 0 Å². The number of nitrogens with one attached hydrogen (secondary N) is 2. The molecule has 0 spiro atoms. The van der Waals surface area contributed by atoms with Gasteiger partial charge in [0, 0.05) is 11.9 Å². The molecule has 0 saturated heterocycles. The normalized spacial score (nSPS) is 11.4. The highest BCUT2D eigenvalue weighted by molar-refractivity contribution is 7.71. The standard InChI is InChI=1S/C18H17N3OS/c1-13-17(12-19-14-8-10-16(22-2)11-9-14)18(23)21(20-13)15-6-4-3-5-7-15/h3-12,19-20H,1H2,2H3/b17-12-. The van der Waals surface area contributed by atoms with Gasteiger partial charge in [-0.3, -0.25) is 5.10 Å². The Bertz CT molecular complexity index is 956. The van der Waals surface area contributed by atoms with Crippen LogP contribution in [0.5, 0.6) is 5.75 Å². The molecule has 0 aliphatic carbocycles. The quantitative estimate of drug-likeness (QED) is 0.726. The number of rotatable bonds is 4. The van der Waals surface area contributed by atoms with Crippen molar-refractivity contribution >= 4 is 30.7 Å². The van der Waals surface area contributed by atoms with Crippen LogP contribution in [0.3, 0.4) is 0 Å². The fraction of sp³-hybridized carbons (Fsp3) is 0.0556. The Kier molecular flexibility index (Phi) is 4.30. The van der Waals surface area contributed by atoms with Gasteiger partial charge in [-0.1, -0.05) is 37.0 Å². The minimum absolute atomic E-state index is 0.683. The van der Waals surface area contributed by atoms with E-state index in [4.69, 9.17) is 17.0 Å². The zero-order chi connectivity index (χ0) is 16.2. The first-order valence-electron chi connectivity index (χ1n) is 7.15.